The van der Waals surface area contributed by atoms with Gasteiger partial charge >= 0.3 is 0 Å². The second kappa shape index (κ2) is 5.80. The highest BCUT2D eigenvalue weighted by atomic mass is 127. The normalized spacial score (nSPS) is 10.0. The highest BCUT2D eigenvalue weighted by Crippen LogP contribution is 2.27. The summed E-state index contributed by atoms with van der Waals surface area (Å²) in [7, 11) is 0. The molecule has 0 radical (unpaired) electrons. The molecule has 0 saturated carbocycles. The van der Waals surface area contributed by atoms with E-state index in [4.69, 9.17) is 5.11 Å². The molecule has 6 heteroatoms. The molecule has 1 rings (SSSR count). The summed E-state index contributed by atoms with van der Waals surface area (Å²) in [5, 5.41) is 11.3. The van der Waals surface area contributed by atoms with Crippen LogP contribution in [0.2, 0.25) is 0 Å². The molecule has 0 aliphatic heterocycles. The number of anilines is 1. The van der Waals surface area contributed by atoms with Gasteiger partial charge in [0.05, 0.1) is 5.69 Å². The fraction of sp³-hybridized carbons (Fsp3) is 0.125. The number of rotatable bonds is 2. The van der Waals surface area contributed by atoms with Crippen molar-refractivity contribution in [2.45, 2.75) is 0 Å². The summed E-state index contributed by atoms with van der Waals surface area (Å²) >= 11 is 6.53. The van der Waals surface area contributed by atoms with Gasteiger partial charge in [0, 0.05) is 10.7 Å². The number of amides is 1. The van der Waals surface area contributed by atoms with Crippen LogP contribution in [0.15, 0.2) is 12.1 Å². The summed E-state index contributed by atoms with van der Waals surface area (Å²) in [6.45, 7) is -0.488. The van der Waals surface area contributed by atoms with Crippen molar-refractivity contribution in [3.05, 3.63) is 22.8 Å². The predicted octanol–water partition coefficient (Wildman–Crippen LogP) is 2.43. The number of aliphatic hydroxyl groups is 1. The molecule has 1 aromatic rings. The second-order valence-corrected chi connectivity index (χ2v) is 6.02. The Morgan fingerprint density at radius 2 is 1.79 bits per heavy atom. The third kappa shape index (κ3) is 3.45. The van der Waals surface area contributed by atoms with Crippen molar-refractivity contribution in [2.24, 2.45) is 0 Å². The molecule has 14 heavy (non-hydrogen) atoms. The lowest BCUT2D eigenvalue weighted by molar-refractivity contribution is -0.118. The SMILES string of the molecule is O=C(CO)Nc1c(I)cc(I)cc1I. The first-order valence-corrected chi connectivity index (χ1v) is 6.83. The zero-order valence-corrected chi connectivity index (χ0v) is 13.3. The maximum atomic E-state index is 11.0. The number of hydrogen-bond acceptors (Lipinski definition) is 2. The Hall–Kier alpha value is 0.840. The minimum Gasteiger partial charge on any atom is -0.387 e. The topological polar surface area (TPSA) is 49.3 Å². The molecule has 76 valence electrons. The van der Waals surface area contributed by atoms with Gasteiger partial charge in [0.2, 0.25) is 5.91 Å². The van der Waals surface area contributed by atoms with Crippen molar-refractivity contribution < 1.29 is 9.90 Å². The van der Waals surface area contributed by atoms with E-state index in [1.807, 2.05) is 12.1 Å². The van der Waals surface area contributed by atoms with E-state index in [0.717, 1.165) is 16.4 Å². The van der Waals surface area contributed by atoms with Crippen LogP contribution in [0.3, 0.4) is 0 Å². The number of carbonyl (C=O) groups excluding carboxylic acids is 1. The minimum atomic E-state index is -0.488. The molecule has 0 fully saturated rings. The first-order valence-electron chi connectivity index (χ1n) is 3.60. The molecule has 0 aliphatic rings. The van der Waals surface area contributed by atoms with Crippen molar-refractivity contribution in [2.75, 3.05) is 11.9 Å². The lowest BCUT2D eigenvalue weighted by Gasteiger charge is -2.09. The number of carbonyl (C=O) groups is 1. The Morgan fingerprint density at radius 3 is 2.21 bits per heavy atom. The van der Waals surface area contributed by atoms with E-state index in [2.05, 4.69) is 73.1 Å². The monoisotopic (exact) mass is 529 g/mol. The second-order valence-electron chi connectivity index (χ2n) is 2.45. The van der Waals surface area contributed by atoms with Crippen LogP contribution >= 0.6 is 67.8 Å². The van der Waals surface area contributed by atoms with Gasteiger partial charge in [-0.2, -0.15) is 0 Å². The molecule has 0 atom stereocenters. The Kier molecular flexibility index (Phi) is 5.34. The third-order valence-electron chi connectivity index (χ3n) is 1.41. The summed E-state index contributed by atoms with van der Waals surface area (Å²) < 4.78 is 3.07. The first kappa shape index (κ1) is 12.9. The van der Waals surface area contributed by atoms with E-state index in [9.17, 15) is 4.79 Å². The predicted molar refractivity (Wildman–Crippen MR) is 80.3 cm³/mol. The van der Waals surface area contributed by atoms with Crippen LogP contribution in [-0.2, 0) is 4.79 Å². The van der Waals surface area contributed by atoms with Crippen LogP contribution in [0.4, 0.5) is 5.69 Å². The van der Waals surface area contributed by atoms with Crippen LogP contribution in [0.1, 0.15) is 0 Å². The van der Waals surface area contributed by atoms with Gasteiger partial charge in [-0.3, -0.25) is 4.79 Å². The van der Waals surface area contributed by atoms with E-state index in [1.54, 1.807) is 0 Å². The number of hydrogen-bond donors (Lipinski definition) is 2. The summed E-state index contributed by atoms with van der Waals surface area (Å²) in [4.78, 5) is 11.0. The molecule has 0 saturated heterocycles. The molecule has 2 N–H and O–H groups in total. The van der Waals surface area contributed by atoms with Gasteiger partial charge in [-0.1, -0.05) is 0 Å². The summed E-state index contributed by atoms with van der Waals surface area (Å²) in [5.74, 6) is -0.387. The molecule has 0 unspecified atom stereocenters. The van der Waals surface area contributed by atoms with Crippen molar-refractivity contribution in [3.63, 3.8) is 0 Å². The van der Waals surface area contributed by atoms with Gasteiger partial charge in [0.15, 0.2) is 0 Å². The van der Waals surface area contributed by atoms with Gasteiger partial charge in [-0.15, -0.1) is 0 Å². The van der Waals surface area contributed by atoms with Gasteiger partial charge in [-0.25, -0.2) is 0 Å². The molecular formula is C8H6I3NO2. The summed E-state index contributed by atoms with van der Waals surface area (Å²) in [5.41, 5.74) is 0.769. The van der Waals surface area contributed by atoms with Crippen LogP contribution in [0.25, 0.3) is 0 Å². The van der Waals surface area contributed by atoms with Crippen molar-refractivity contribution in [3.8, 4) is 0 Å². The van der Waals surface area contributed by atoms with Gasteiger partial charge in [-0.05, 0) is 79.9 Å². The van der Waals surface area contributed by atoms with Crippen molar-refractivity contribution in [1.29, 1.82) is 0 Å². The molecule has 0 heterocycles. The van der Waals surface area contributed by atoms with E-state index in [-0.39, 0.29) is 5.91 Å². The Morgan fingerprint density at radius 1 is 1.29 bits per heavy atom. The van der Waals surface area contributed by atoms with Crippen LogP contribution in [0, 0.1) is 10.7 Å². The largest absolute Gasteiger partial charge is 0.387 e. The molecular weight excluding hydrogens is 523 g/mol. The fourth-order valence-electron chi connectivity index (χ4n) is 0.841. The third-order valence-corrected chi connectivity index (χ3v) is 3.74. The standard InChI is InChI=1S/C8H6I3NO2/c9-4-1-5(10)8(6(11)2-4)12-7(14)3-13/h1-2,13H,3H2,(H,12,14). The van der Waals surface area contributed by atoms with Crippen molar-refractivity contribution in [1.82, 2.24) is 0 Å². The molecule has 1 amide bonds. The summed E-state index contributed by atoms with van der Waals surface area (Å²) in [6.07, 6.45) is 0. The average Bonchev–Trinajstić information content (AvgIpc) is 2.10. The van der Waals surface area contributed by atoms with Crippen LogP contribution in [0.5, 0.6) is 0 Å². The fourth-order valence-corrected chi connectivity index (χ4v) is 4.69. The summed E-state index contributed by atoms with van der Waals surface area (Å²) in [6, 6.07) is 3.94. The molecule has 3 nitrogen and oxygen atoms in total. The Labute approximate surface area is 122 Å². The quantitative estimate of drug-likeness (QED) is 0.580. The Bertz CT molecular complexity index is 345. The number of nitrogens with one attached hydrogen (secondary N) is 1. The maximum Gasteiger partial charge on any atom is 0.250 e. The van der Waals surface area contributed by atoms with Crippen molar-refractivity contribution >= 4 is 79.4 Å². The van der Waals surface area contributed by atoms with E-state index >= 15 is 0 Å². The molecule has 0 aliphatic carbocycles. The van der Waals surface area contributed by atoms with E-state index < -0.39 is 6.61 Å². The van der Waals surface area contributed by atoms with Crippen LogP contribution < -0.4 is 5.32 Å². The average molecular weight is 529 g/mol. The number of aliphatic hydroxyl groups excluding tert-OH is 1. The first-order chi connectivity index (χ1) is 6.54. The lowest BCUT2D eigenvalue weighted by Crippen LogP contribution is -2.17. The molecule has 0 aromatic heterocycles. The maximum absolute atomic E-state index is 11.0. The van der Waals surface area contributed by atoms with Gasteiger partial charge < -0.3 is 10.4 Å². The zero-order valence-electron chi connectivity index (χ0n) is 6.85. The lowest BCUT2D eigenvalue weighted by atomic mass is 10.3. The number of halogens is 3. The van der Waals surface area contributed by atoms with Gasteiger partial charge in [0.25, 0.3) is 0 Å². The Balaban J connectivity index is 3.02. The zero-order chi connectivity index (χ0) is 10.7. The molecule has 0 spiro atoms. The molecule has 0 bridgehead atoms. The highest BCUT2D eigenvalue weighted by molar-refractivity contribution is 14.1. The van der Waals surface area contributed by atoms with E-state index in [0.29, 0.717) is 0 Å². The smallest absolute Gasteiger partial charge is 0.250 e. The minimum absolute atomic E-state index is 0.387. The molecule has 1 aromatic carbocycles. The van der Waals surface area contributed by atoms with Gasteiger partial charge in [0.1, 0.15) is 6.61 Å². The highest BCUT2D eigenvalue weighted by Gasteiger charge is 2.09. The number of benzene rings is 1. The van der Waals surface area contributed by atoms with Crippen LogP contribution in [-0.4, -0.2) is 17.6 Å². The van der Waals surface area contributed by atoms with E-state index in [1.165, 1.54) is 0 Å².